The minimum Gasteiger partial charge on any atom is -0.389 e. The zero-order valence-electron chi connectivity index (χ0n) is 28.1. The van der Waals surface area contributed by atoms with Crippen LogP contribution in [0.5, 0.6) is 0 Å². The Bertz CT molecular complexity index is 1840. The molecule has 0 aliphatic carbocycles. The van der Waals surface area contributed by atoms with Crippen molar-refractivity contribution in [1.82, 2.24) is 34.4 Å². The van der Waals surface area contributed by atoms with Gasteiger partial charge in [-0.05, 0) is 44.9 Å². The lowest BCUT2D eigenvalue weighted by Gasteiger charge is -2.22. The van der Waals surface area contributed by atoms with Crippen LogP contribution in [0.15, 0.2) is 48.5 Å². The predicted molar refractivity (Wildman–Crippen MR) is 187 cm³/mol. The lowest BCUT2D eigenvalue weighted by atomic mass is 9.96. The minimum atomic E-state index is -0.881. The van der Waals surface area contributed by atoms with Crippen molar-refractivity contribution in [3.05, 3.63) is 60.2 Å². The second-order valence-corrected chi connectivity index (χ2v) is 13.4. The molecular weight excluding hydrogens is 578 g/mol. The summed E-state index contributed by atoms with van der Waals surface area (Å²) in [6.45, 7) is 18.2. The molecule has 0 aliphatic heterocycles. The molecule has 0 saturated carbocycles. The molecule has 4 aromatic heterocycles. The Morgan fingerprint density at radius 2 is 1.24 bits per heavy atom. The number of benzene rings is 2. The molecule has 0 radical (unpaired) electrons. The Kier molecular flexibility index (Phi) is 9.48. The van der Waals surface area contributed by atoms with E-state index in [4.69, 9.17) is 21.2 Å². The SMILES string of the molecule is CCNCc1nc2c(N)nc3ccccc3c2n1CC(C)(C)C.CCOCc1nc2c(N)nc3ccccc3c2n1CC(C)(C)O. The van der Waals surface area contributed by atoms with Gasteiger partial charge in [0.2, 0.25) is 0 Å². The van der Waals surface area contributed by atoms with Crippen molar-refractivity contribution in [1.29, 1.82) is 0 Å². The molecule has 0 amide bonds. The molecule has 6 rings (SSSR count). The number of aromatic nitrogens is 6. The van der Waals surface area contributed by atoms with Gasteiger partial charge in [-0.3, -0.25) is 0 Å². The summed E-state index contributed by atoms with van der Waals surface area (Å²) in [6, 6.07) is 15.9. The van der Waals surface area contributed by atoms with Gasteiger partial charge in [-0.15, -0.1) is 0 Å². The van der Waals surface area contributed by atoms with Crippen LogP contribution in [-0.4, -0.2) is 52.9 Å². The first-order chi connectivity index (χ1) is 21.8. The van der Waals surface area contributed by atoms with Crippen molar-refractivity contribution in [2.24, 2.45) is 5.41 Å². The average Bonchev–Trinajstić information content (AvgIpc) is 3.53. The maximum absolute atomic E-state index is 10.3. The summed E-state index contributed by atoms with van der Waals surface area (Å²) in [6.07, 6.45) is 0. The van der Waals surface area contributed by atoms with Crippen LogP contribution in [-0.2, 0) is 31.0 Å². The number of nitrogen functional groups attached to an aromatic ring is 2. The van der Waals surface area contributed by atoms with E-state index in [0.717, 1.165) is 69.6 Å². The highest BCUT2D eigenvalue weighted by Gasteiger charge is 2.23. The zero-order valence-corrected chi connectivity index (χ0v) is 28.1. The van der Waals surface area contributed by atoms with Gasteiger partial charge < -0.3 is 35.8 Å². The monoisotopic (exact) mass is 625 g/mol. The number of nitrogens with two attached hydrogens (primary N) is 2. The fourth-order valence-corrected chi connectivity index (χ4v) is 5.69. The molecule has 244 valence electrons. The summed E-state index contributed by atoms with van der Waals surface area (Å²) >= 11 is 0. The number of rotatable bonds is 9. The van der Waals surface area contributed by atoms with Gasteiger partial charge in [0, 0.05) is 23.9 Å². The Morgan fingerprint density at radius 1 is 0.739 bits per heavy atom. The van der Waals surface area contributed by atoms with E-state index in [1.54, 1.807) is 13.8 Å². The van der Waals surface area contributed by atoms with Gasteiger partial charge in [-0.2, -0.15) is 0 Å². The molecule has 6 aromatic rings. The molecule has 6 N–H and O–H groups in total. The molecule has 0 atom stereocenters. The van der Waals surface area contributed by atoms with Gasteiger partial charge in [0.05, 0.1) is 40.8 Å². The van der Waals surface area contributed by atoms with Crippen molar-refractivity contribution in [2.75, 3.05) is 24.6 Å². The second kappa shape index (κ2) is 13.2. The van der Waals surface area contributed by atoms with E-state index in [1.807, 2.05) is 54.0 Å². The van der Waals surface area contributed by atoms with E-state index in [0.29, 0.717) is 36.9 Å². The number of hydrogen-bond acceptors (Lipinski definition) is 9. The topological polar surface area (TPSA) is 155 Å². The van der Waals surface area contributed by atoms with E-state index < -0.39 is 5.60 Å². The quantitative estimate of drug-likeness (QED) is 0.156. The smallest absolute Gasteiger partial charge is 0.152 e. The Hall–Kier alpha value is -4.32. The lowest BCUT2D eigenvalue weighted by molar-refractivity contribution is 0.0582. The highest BCUT2D eigenvalue weighted by Crippen LogP contribution is 2.32. The van der Waals surface area contributed by atoms with Crippen LogP contribution in [0.3, 0.4) is 0 Å². The highest BCUT2D eigenvalue weighted by atomic mass is 16.5. The predicted octanol–water partition coefficient (Wildman–Crippen LogP) is 5.80. The van der Waals surface area contributed by atoms with Crippen LogP contribution in [0, 0.1) is 5.41 Å². The molecule has 0 aliphatic rings. The van der Waals surface area contributed by atoms with Crippen LogP contribution in [0.2, 0.25) is 0 Å². The van der Waals surface area contributed by atoms with Crippen molar-refractivity contribution >= 4 is 55.5 Å². The summed E-state index contributed by atoms with van der Waals surface area (Å²) < 4.78 is 9.83. The van der Waals surface area contributed by atoms with Crippen LogP contribution in [0.1, 0.15) is 60.1 Å². The fourth-order valence-electron chi connectivity index (χ4n) is 5.69. The summed E-state index contributed by atoms with van der Waals surface area (Å²) in [5.74, 6) is 2.66. The molecule has 0 bridgehead atoms. The first-order valence-corrected chi connectivity index (χ1v) is 15.9. The van der Waals surface area contributed by atoms with Gasteiger partial charge in [-0.25, -0.2) is 19.9 Å². The molecule has 0 spiro atoms. The number of aliphatic hydroxyl groups is 1. The number of nitrogens with one attached hydrogen (secondary N) is 1. The number of imidazole rings is 2. The Balaban J connectivity index is 0.000000181. The van der Waals surface area contributed by atoms with Gasteiger partial charge in [-0.1, -0.05) is 64.1 Å². The second-order valence-electron chi connectivity index (χ2n) is 13.4. The maximum Gasteiger partial charge on any atom is 0.152 e. The standard InChI is InChI=1S/C18H25N5.C17H22N4O2/c1-5-20-10-14-22-15-16(23(14)11-18(2,3)4)12-8-6-7-9-13(12)21-17(15)19;1-4-23-9-13-20-14-15(21(13)10-17(2,3)22)11-7-5-6-8-12(11)19-16(14)18/h6-9,20H,5,10-11H2,1-4H3,(H2,19,21);5-8,22H,4,9-10H2,1-3H3,(H2,18,19). The van der Waals surface area contributed by atoms with Crippen LogP contribution in [0.25, 0.3) is 43.9 Å². The Morgan fingerprint density at radius 3 is 1.72 bits per heavy atom. The van der Waals surface area contributed by atoms with E-state index in [2.05, 4.69) is 58.6 Å². The van der Waals surface area contributed by atoms with Crippen molar-refractivity contribution in [2.45, 2.75) is 80.3 Å². The Labute approximate surface area is 270 Å². The number of pyridine rings is 2. The average molecular weight is 626 g/mol. The van der Waals surface area contributed by atoms with Crippen LogP contribution < -0.4 is 16.8 Å². The molecule has 2 aromatic carbocycles. The number of fused-ring (bicyclic) bond motifs is 6. The maximum atomic E-state index is 10.3. The van der Waals surface area contributed by atoms with Crippen molar-refractivity contribution in [3.63, 3.8) is 0 Å². The number of para-hydroxylation sites is 2. The zero-order chi connectivity index (χ0) is 33.2. The summed E-state index contributed by atoms with van der Waals surface area (Å²) in [7, 11) is 0. The normalized spacial score (nSPS) is 12.3. The highest BCUT2D eigenvalue weighted by molar-refractivity contribution is 6.07. The van der Waals surface area contributed by atoms with Gasteiger partial charge in [0.1, 0.15) is 29.3 Å². The molecule has 0 unspecified atom stereocenters. The van der Waals surface area contributed by atoms with Crippen molar-refractivity contribution < 1.29 is 9.84 Å². The largest absolute Gasteiger partial charge is 0.389 e. The number of hydrogen-bond donors (Lipinski definition) is 4. The molecular formula is C35H47N9O2. The third-order valence-electron chi connectivity index (χ3n) is 7.52. The first-order valence-electron chi connectivity index (χ1n) is 15.9. The molecule has 4 heterocycles. The first kappa shape index (κ1) is 33.1. The third-order valence-corrected chi connectivity index (χ3v) is 7.52. The summed E-state index contributed by atoms with van der Waals surface area (Å²) in [4.78, 5) is 18.4. The third kappa shape index (κ3) is 7.06. The van der Waals surface area contributed by atoms with Gasteiger partial charge >= 0.3 is 0 Å². The fraction of sp³-hybridized carbons (Fsp3) is 0.429. The summed E-state index contributed by atoms with van der Waals surface area (Å²) in [5, 5.41) is 15.8. The molecule has 11 nitrogen and oxygen atoms in total. The molecule has 0 saturated heterocycles. The molecule has 11 heteroatoms. The lowest BCUT2D eigenvalue weighted by Crippen LogP contribution is -2.27. The van der Waals surface area contributed by atoms with E-state index >= 15 is 0 Å². The van der Waals surface area contributed by atoms with Gasteiger partial charge in [0.25, 0.3) is 0 Å². The van der Waals surface area contributed by atoms with E-state index in [9.17, 15) is 5.11 Å². The van der Waals surface area contributed by atoms with Crippen molar-refractivity contribution in [3.8, 4) is 0 Å². The van der Waals surface area contributed by atoms with E-state index in [-0.39, 0.29) is 5.41 Å². The molecule has 46 heavy (non-hydrogen) atoms. The van der Waals surface area contributed by atoms with Gasteiger partial charge in [0.15, 0.2) is 11.6 Å². The van der Waals surface area contributed by atoms with Crippen LogP contribution >= 0.6 is 0 Å². The van der Waals surface area contributed by atoms with Crippen LogP contribution in [0.4, 0.5) is 11.6 Å². The minimum absolute atomic E-state index is 0.147. The summed E-state index contributed by atoms with van der Waals surface area (Å²) in [5.41, 5.74) is 16.7. The number of ether oxygens (including phenoxy) is 1. The van der Waals surface area contributed by atoms with E-state index in [1.165, 1.54) is 0 Å². The number of anilines is 2. The number of nitrogens with zero attached hydrogens (tertiary/aromatic N) is 6. The molecule has 0 fully saturated rings.